The van der Waals surface area contributed by atoms with E-state index in [1.807, 2.05) is 5.38 Å². The topological polar surface area (TPSA) is 118 Å². The molecule has 1 unspecified atom stereocenters. The largest absolute Gasteiger partial charge is 0.755 e. The van der Waals surface area contributed by atoms with Gasteiger partial charge in [0.25, 0.3) is 5.56 Å². The van der Waals surface area contributed by atoms with Crippen LogP contribution in [0, 0.1) is 0 Å². The summed E-state index contributed by atoms with van der Waals surface area (Å²) in [6.07, 6.45) is 4.06. The molecule has 13 heteroatoms. The highest BCUT2D eigenvalue weighted by Gasteiger charge is 2.49. The van der Waals surface area contributed by atoms with Gasteiger partial charge in [0.1, 0.15) is 6.67 Å². The van der Waals surface area contributed by atoms with Crippen LogP contribution in [0.2, 0.25) is 0 Å². The fraction of sp³-hybridized carbons (Fsp3) is 0.333. The third-order valence-corrected chi connectivity index (χ3v) is 7.53. The number of nitrogens with zero attached hydrogens (tertiary/aromatic N) is 6. The van der Waals surface area contributed by atoms with Gasteiger partial charge in [-0.05, 0) is 31.0 Å². The van der Waals surface area contributed by atoms with Crippen LogP contribution in [-0.2, 0) is 31.4 Å². The molecule has 1 aliphatic rings. The molecule has 0 spiro atoms. The summed E-state index contributed by atoms with van der Waals surface area (Å²) in [5, 5.41) is 6.05. The third kappa shape index (κ3) is 3.89. The van der Waals surface area contributed by atoms with Crippen LogP contribution in [0.1, 0.15) is 24.1 Å². The molecule has 34 heavy (non-hydrogen) atoms. The smallest absolute Gasteiger partial charge is 0.332 e. The molecule has 3 aromatic heterocycles. The second kappa shape index (κ2) is 8.56. The standard InChI is InChI=1S/C21H21FN6O4S2/c1-25-8-14(7-24-25)9-27-19(29)17-6-16(28(34(31)32)21(12-22)4-5-21)2-3-18(17)26(20(27)30)10-15-11-33-13-23-15/h2-3,6-8,11,13H,4-5,9-10,12H2,1H3,(H,31,32)/p-1. The van der Waals surface area contributed by atoms with Gasteiger partial charge in [0.2, 0.25) is 0 Å². The summed E-state index contributed by atoms with van der Waals surface area (Å²) < 4.78 is 42.8. The van der Waals surface area contributed by atoms with E-state index < -0.39 is 34.7 Å². The van der Waals surface area contributed by atoms with Gasteiger partial charge in [-0.15, -0.1) is 11.3 Å². The predicted molar refractivity (Wildman–Crippen MR) is 125 cm³/mol. The molecule has 0 bridgehead atoms. The van der Waals surface area contributed by atoms with E-state index >= 15 is 0 Å². The third-order valence-electron chi connectivity index (χ3n) is 6.00. The minimum atomic E-state index is -2.73. The molecule has 178 valence electrons. The van der Waals surface area contributed by atoms with Crippen molar-refractivity contribution in [2.45, 2.75) is 31.5 Å². The van der Waals surface area contributed by atoms with E-state index in [0.29, 0.717) is 29.6 Å². The molecular formula is C21H20FN6O4S2-. The Kier molecular flexibility index (Phi) is 5.70. The van der Waals surface area contributed by atoms with Crippen molar-refractivity contribution in [2.24, 2.45) is 7.05 Å². The van der Waals surface area contributed by atoms with E-state index in [4.69, 9.17) is 0 Å². The molecule has 1 saturated carbocycles. The summed E-state index contributed by atoms with van der Waals surface area (Å²) in [6, 6.07) is 4.44. The van der Waals surface area contributed by atoms with Crippen LogP contribution in [0.3, 0.4) is 0 Å². The van der Waals surface area contributed by atoms with Crippen LogP contribution in [0.25, 0.3) is 10.9 Å². The van der Waals surface area contributed by atoms with Gasteiger partial charge >= 0.3 is 5.69 Å². The molecule has 0 N–H and O–H groups in total. The van der Waals surface area contributed by atoms with Gasteiger partial charge in [-0.3, -0.25) is 27.1 Å². The Morgan fingerprint density at radius 2 is 2.06 bits per heavy atom. The zero-order valence-electron chi connectivity index (χ0n) is 18.1. The summed E-state index contributed by atoms with van der Waals surface area (Å²) in [6.45, 7) is -0.695. The van der Waals surface area contributed by atoms with Gasteiger partial charge in [0.05, 0.1) is 46.9 Å². The van der Waals surface area contributed by atoms with E-state index in [1.54, 1.807) is 29.6 Å². The molecule has 1 aromatic carbocycles. The average molecular weight is 504 g/mol. The lowest BCUT2D eigenvalue weighted by molar-refractivity contribution is 0.411. The normalized spacial score (nSPS) is 15.5. The molecule has 4 aromatic rings. The molecule has 0 saturated heterocycles. The summed E-state index contributed by atoms with van der Waals surface area (Å²) in [5.41, 5.74) is 1.28. The minimum absolute atomic E-state index is 0.00560. The number of aryl methyl sites for hydroxylation is 1. The van der Waals surface area contributed by atoms with Crippen molar-refractivity contribution in [3.63, 3.8) is 0 Å². The van der Waals surface area contributed by atoms with Crippen molar-refractivity contribution < 1.29 is 13.2 Å². The van der Waals surface area contributed by atoms with Gasteiger partial charge in [0, 0.05) is 41.1 Å². The molecule has 0 radical (unpaired) electrons. The Morgan fingerprint density at radius 1 is 1.26 bits per heavy atom. The van der Waals surface area contributed by atoms with E-state index in [2.05, 4.69) is 10.1 Å². The van der Waals surface area contributed by atoms with Crippen molar-refractivity contribution in [2.75, 3.05) is 11.0 Å². The quantitative estimate of drug-likeness (QED) is 0.337. The highest BCUT2D eigenvalue weighted by atomic mass is 32.2. The van der Waals surface area contributed by atoms with Crippen molar-refractivity contribution in [3.05, 3.63) is 73.6 Å². The van der Waals surface area contributed by atoms with Crippen LogP contribution >= 0.6 is 11.3 Å². The Hall–Kier alpha value is -3.16. The maximum Gasteiger partial charge on any atom is 0.332 e. The number of halogens is 1. The lowest BCUT2D eigenvalue weighted by atomic mass is 10.2. The van der Waals surface area contributed by atoms with Gasteiger partial charge in [-0.1, -0.05) is 0 Å². The number of aromatic nitrogens is 5. The lowest BCUT2D eigenvalue weighted by Crippen LogP contribution is -2.42. The van der Waals surface area contributed by atoms with Crippen molar-refractivity contribution in [1.29, 1.82) is 0 Å². The first kappa shape index (κ1) is 22.6. The maximum absolute atomic E-state index is 13.7. The second-order valence-electron chi connectivity index (χ2n) is 8.33. The monoisotopic (exact) mass is 503 g/mol. The number of fused-ring (bicyclic) bond motifs is 1. The second-order valence-corrected chi connectivity index (χ2v) is 9.85. The Bertz CT molecular complexity index is 1510. The molecule has 0 amide bonds. The van der Waals surface area contributed by atoms with Gasteiger partial charge in [0.15, 0.2) is 0 Å². The Morgan fingerprint density at radius 3 is 2.65 bits per heavy atom. The van der Waals surface area contributed by atoms with E-state index in [0.717, 1.165) is 8.87 Å². The zero-order valence-corrected chi connectivity index (χ0v) is 19.7. The number of thiazole rings is 1. The first-order chi connectivity index (χ1) is 16.3. The number of rotatable bonds is 8. The van der Waals surface area contributed by atoms with E-state index in [1.165, 1.54) is 34.1 Å². The van der Waals surface area contributed by atoms with Crippen molar-refractivity contribution in [3.8, 4) is 0 Å². The number of alkyl halides is 1. The molecule has 0 aliphatic heterocycles. The summed E-state index contributed by atoms with van der Waals surface area (Å²) in [7, 11) is 1.73. The fourth-order valence-corrected chi connectivity index (χ4v) is 5.48. The molecule has 1 atom stereocenters. The molecule has 5 rings (SSSR count). The van der Waals surface area contributed by atoms with Crippen molar-refractivity contribution >= 4 is 39.2 Å². The SMILES string of the molecule is Cn1cc(Cn2c(=O)c3cc(N(S(=O)[O-])C4(CF)CC4)ccc3n(Cc3cscn3)c2=O)cn1. The number of hydrogen-bond acceptors (Lipinski definition) is 7. The Balaban J connectivity index is 1.72. The van der Waals surface area contributed by atoms with Gasteiger partial charge < -0.3 is 4.55 Å². The predicted octanol–water partition coefficient (Wildman–Crippen LogP) is 1.55. The number of benzene rings is 1. The van der Waals surface area contributed by atoms with Crippen LogP contribution in [0.4, 0.5) is 10.1 Å². The van der Waals surface area contributed by atoms with Crippen LogP contribution in [0.5, 0.6) is 0 Å². The summed E-state index contributed by atoms with van der Waals surface area (Å²) in [5.74, 6) is 0. The number of anilines is 1. The molecule has 10 nitrogen and oxygen atoms in total. The van der Waals surface area contributed by atoms with Crippen LogP contribution < -0.4 is 15.6 Å². The molecule has 1 fully saturated rings. The summed E-state index contributed by atoms with van der Waals surface area (Å²) in [4.78, 5) is 31.1. The highest BCUT2D eigenvalue weighted by Crippen LogP contribution is 2.45. The first-order valence-electron chi connectivity index (χ1n) is 10.4. The Labute approximate surface area is 199 Å². The number of hydrogen-bond donors (Lipinski definition) is 0. The molecule has 1 aliphatic carbocycles. The minimum Gasteiger partial charge on any atom is -0.755 e. The summed E-state index contributed by atoms with van der Waals surface area (Å²) >= 11 is -1.35. The van der Waals surface area contributed by atoms with Crippen LogP contribution in [-0.4, -0.2) is 44.9 Å². The first-order valence-corrected chi connectivity index (χ1v) is 12.4. The van der Waals surface area contributed by atoms with Crippen LogP contribution in [0.15, 0.2) is 51.1 Å². The van der Waals surface area contributed by atoms with Crippen molar-refractivity contribution in [1.82, 2.24) is 23.9 Å². The van der Waals surface area contributed by atoms with Gasteiger partial charge in [-0.25, -0.2) is 14.2 Å². The molecule has 3 heterocycles. The molecular weight excluding hydrogens is 483 g/mol. The van der Waals surface area contributed by atoms with Gasteiger partial charge in [-0.2, -0.15) is 5.10 Å². The maximum atomic E-state index is 13.7. The van der Waals surface area contributed by atoms with E-state index in [-0.39, 0.29) is 24.2 Å². The zero-order chi connectivity index (χ0) is 24.0. The lowest BCUT2D eigenvalue weighted by Gasteiger charge is -2.33. The highest BCUT2D eigenvalue weighted by molar-refractivity contribution is 7.80. The van der Waals surface area contributed by atoms with E-state index in [9.17, 15) is 22.7 Å². The fourth-order valence-electron chi connectivity index (χ4n) is 4.10. The average Bonchev–Trinajstić information content (AvgIpc) is 3.20.